The Morgan fingerprint density at radius 2 is 2.24 bits per heavy atom. The van der Waals surface area contributed by atoms with Gasteiger partial charge in [-0.3, -0.25) is 4.79 Å². The molecule has 1 aromatic rings. The van der Waals surface area contributed by atoms with Gasteiger partial charge in [0.15, 0.2) is 0 Å². The van der Waals surface area contributed by atoms with Gasteiger partial charge in [-0.25, -0.2) is 0 Å². The number of carbonyl (C=O) groups is 1. The standard InChI is InChI=1S/C16H23NO4/c1-12-9-21-13(2)8-17(12)16(18)11-20-10-14-5-4-6-15(7-14)19-3/h4-7,12-13H,8-11H2,1-3H3/t12-,13+/m1/s1. The van der Waals surface area contributed by atoms with Gasteiger partial charge in [0.05, 0.1) is 32.5 Å². The van der Waals surface area contributed by atoms with E-state index >= 15 is 0 Å². The van der Waals surface area contributed by atoms with E-state index < -0.39 is 0 Å². The lowest BCUT2D eigenvalue weighted by Gasteiger charge is -2.36. The minimum atomic E-state index is 0.0144. The zero-order chi connectivity index (χ0) is 15.2. The fraction of sp³-hybridized carbons (Fsp3) is 0.562. The first-order chi connectivity index (χ1) is 10.1. The second-order valence-corrected chi connectivity index (χ2v) is 5.38. The van der Waals surface area contributed by atoms with Crippen molar-refractivity contribution < 1.29 is 19.0 Å². The lowest BCUT2D eigenvalue weighted by atomic mass is 10.2. The van der Waals surface area contributed by atoms with Gasteiger partial charge in [-0.2, -0.15) is 0 Å². The lowest BCUT2D eigenvalue weighted by molar-refractivity contribution is -0.148. The molecule has 0 unspecified atom stereocenters. The van der Waals surface area contributed by atoms with Crippen LogP contribution < -0.4 is 4.74 Å². The van der Waals surface area contributed by atoms with Crippen LogP contribution in [0.5, 0.6) is 5.75 Å². The number of ether oxygens (including phenoxy) is 3. The minimum absolute atomic E-state index is 0.0144. The molecular formula is C16H23NO4. The summed E-state index contributed by atoms with van der Waals surface area (Å²) < 4.78 is 16.2. The second-order valence-electron chi connectivity index (χ2n) is 5.38. The number of morpholine rings is 1. The summed E-state index contributed by atoms with van der Waals surface area (Å²) in [7, 11) is 1.63. The molecule has 0 bridgehead atoms. The van der Waals surface area contributed by atoms with Crippen molar-refractivity contribution in [1.29, 1.82) is 0 Å². The predicted octanol–water partition coefficient (Wildman–Crippen LogP) is 1.85. The topological polar surface area (TPSA) is 48.0 Å². The molecule has 0 aliphatic carbocycles. The van der Waals surface area contributed by atoms with E-state index in [0.29, 0.717) is 19.8 Å². The van der Waals surface area contributed by atoms with Crippen LogP contribution >= 0.6 is 0 Å². The van der Waals surface area contributed by atoms with Crippen LogP contribution in [0.1, 0.15) is 19.4 Å². The van der Waals surface area contributed by atoms with Crippen LogP contribution in [0.15, 0.2) is 24.3 Å². The highest BCUT2D eigenvalue weighted by Crippen LogP contribution is 2.14. The highest BCUT2D eigenvalue weighted by atomic mass is 16.5. The summed E-state index contributed by atoms with van der Waals surface area (Å²) in [6, 6.07) is 7.75. The summed E-state index contributed by atoms with van der Waals surface area (Å²) in [5.74, 6) is 0.804. The number of carbonyl (C=O) groups excluding carboxylic acids is 1. The molecule has 1 saturated heterocycles. The van der Waals surface area contributed by atoms with Gasteiger partial charge in [0, 0.05) is 6.54 Å². The molecule has 0 N–H and O–H groups in total. The van der Waals surface area contributed by atoms with E-state index in [2.05, 4.69) is 0 Å². The average molecular weight is 293 g/mol. The molecule has 0 aromatic heterocycles. The molecule has 1 fully saturated rings. The summed E-state index contributed by atoms with van der Waals surface area (Å²) in [6.45, 7) is 5.67. The Morgan fingerprint density at radius 3 is 3.00 bits per heavy atom. The third kappa shape index (κ3) is 4.44. The number of hydrogen-bond donors (Lipinski definition) is 0. The van der Waals surface area contributed by atoms with Crippen molar-refractivity contribution >= 4 is 5.91 Å². The van der Waals surface area contributed by atoms with E-state index in [-0.39, 0.29) is 24.7 Å². The Kier molecular flexibility index (Phi) is 5.59. The number of nitrogens with zero attached hydrogens (tertiary/aromatic N) is 1. The summed E-state index contributed by atoms with van der Waals surface area (Å²) >= 11 is 0. The lowest BCUT2D eigenvalue weighted by Crippen LogP contribution is -2.51. The Bertz CT molecular complexity index is 477. The number of benzene rings is 1. The van der Waals surface area contributed by atoms with Crippen molar-refractivity contribution in [2.24, 2.45) is 0 Å². The zero-order valence-corrected chi connectivity index (χ0v) is 12.9. The first-order valence-corrected chi connectivity index (χ1v) is 7.22. The van der Waals surface area contributed by atoms with Crippen molar-refractivity contribution in [3.63, 3.8) is 0 Å². The van der Waals surface area contributed by atoms with Crippen LogP contribution in [0, 0.1) is 0 Å². The summed E-state index contributed by atoms with van der Waals surface area (Å²) in [5.41, 5.74) is 0.991. The smallest absolute Gasteiger partial charge is 0.248 e. The average Bonchev–Trinajstić information content (AvgIpc) is 2.49. The van der Waals surface area contributed by atoms with Gasteiger partial charge in [-0.05, 0) is 31.5 Å². The van der Waals surface area contributed by atoms with Crippen LogP contribution in [0.25, 0.3) is 0 Å². The van der Waals surface area contributed by atoms with Gasteiger partial charge in [-0.15, -0.1) is 0 Å². The van der Waals surface area contributed by atoms with Crippen molar-refractivity contribution in [2.75, 3.05) is 26.9 Å². The minimum Gasteiger partial charge on any atom is -0.497 e. The molecule has 0 spiro atoms. The molecule has 5 nitrogen and oxygen atoms in total. The van der Waals surface area contributed by atoms with Crippen LogP contribution in [0.3, 0.4) is 0 Å². The Morgan fingerprint density at radius 1 is 1.43 bits per heavy atom. The Labute approximate surface area is 125 Å². The number of hydrogen-bond acceptors (Lipinski definition) is 4. The fourth-order valence-electron chi connectivity index (χ4n) is 2.35. The van der Waals surface area contributed by atoms with Crippen LogP contribution in [0.2, 0.25) is 0 Å². The highest BCUT2D eigenvalue weighted by Gasteiger charge is 2.27. The van der Waals surface area contributed by atoms with E-state index in [0.717, 1.165) is 11.3 Å². The quantitative estimate of drug-likeness (QED) is 0.831. The van der Waals surface area contributed by atoms with Gasteiger partial charge < -0.3 is 19.1 Å². The Balaban J connectivity index is 1.80. The third-order valence-corrected chi connectivity index (χ3v) is 3.56. The van der Waals surface area contributed by atoms with Gasteiger partial charge in [0.25, 0.3) is 0 Å². The summed E-state index contributed by atoms with van der Waals surface area (Å²) in [4.78, 5) is 14.0. The van der Waals surface area contributed by atoms with E-state index in [1.807, 2.05) is 43.0 Å². The number of amides is 1. The zero-order valence-electron chi connectivity index (χ0n) is 12.9. The molecule has 0 radical (unpaired) electrons. The van der Waals surface area contributed by atoms with Crippen molar-refractivity contribution in [3.05, 3.63) is 29.8 Å². The largest absolute Gasteiger partial charge is 0.497 e. The van der Waals surface area contributed by atoms with Crippen LogP contribution in [0.4, 0.5) is 0 Å². The fourth-order valence-corrected chi connectivity index (χ4v) is 2.35. The van der Waals surface area contributed by atoms with Crippen molar-refractivity contribution in [2.45, 2.75) is 32.6 Å². The molecule has 2 rings (SSSR count). The van der Waals surface area contributed by atoms with Gasteiger partial charge >= 0.3 is 0 Å². The van der Waals surface area contributed by atoms with E-state index in [1.54, 1.807) is 7.11 Å². The maximum absolute atomic E-state index is 12.2. The normalized spacial score (nSPS) is 22.1. The number of rotatable bonds is 5. The van der Waals surface area contributed by atoms with Crippen LogP contribution in [-0.4, -0.2) is 49.8 Å². The monoisotopic (exact) mass is 293 g/mol. The molecule has 116 valence electrons. The molecule has 1 aliphatic rings. The van der Waals surface area contributed by atoms with Gasteiger partial charge in [-0.1, -0.05) is 12.1 Å². The van der Waals surface area contributed by atoms with Crippen molar-refractivity contribution in [1.82, 2.24) is 4.90 Å². The molecule has 1 heterocycles. The molecule has 1 amide bonds. The first-order valence-electron chi connectivity index (χ1n) is 7.22. The predicted molar refractivity (Wildman–Crippen MR) is 79.2 cm³/mol. The Hall–Kier alpha value is -1.59. The maximum atomic E-state index is 12.2. The molecule has 2 atom stereocenters. The third-order valence-electron chi connectivity index (χ3n) is 3.56. The van der Waals surface area contributed by atoms with Crippen molar-refractivity contribution in [3.8, 4) is 5.75 Å². The molecule has 1 aromatic carbocycles. The highest BCUT2D eigenvalue weighted by molar-refractivity contribution is 5.77. The molecular weight excluding hydrogens is 270 g/mol. The summed E-state index contributed by atoms with van der Waals surface area (Å²) in [6.07, 6.45) is 0.0866. The molecule has 5 heteroatoms. The molecule has 21 heavy (non-hydrogen) atoms. The number of methoxy groups -OCH3 is 1. The van der Waals surface area contributed by atoms with Crippen LogP contribution in [-0.2, 0) is 20.9 Å². The molecule has 1 aliphatic heterocycles. The maximum Gasteiger partial charge on any atom is 0.248 e. The SMILES string of the molecule is COc1cccc(COCC(=O)N2C[C@H](C)OC[C@H]2C)c1. The van der Waals surface area contributed by atoms with E-state index in [9.17, 15) is 4.79 Å². The van der Waals surface area contributed by atoms with E-state index in [4.69, 9.17) is 14.2 Å². The van der Waals surface area contributed by atoms with E-state index in [1.165, 1.54) is 0 Å². The van der Waals surface area contributed by atoms with Gasteiger partial charge in [0.2, 0.25) is 5.91 Å². The first kappa shape index (κ1) is 15.8. The summed E-state index contributed by atoms with van der Waals surface area (Å²) in [5, 5.41) is 0. The molecule has 0 saturated carbocycles. The second kappa shape index (κ2) is 7.43. The van der Waals surface area contributed by atoms with Gasteiger partial charge in [0.1, 0.15) is 12.4 Å².